The molecule has 1 amide bonds. The molecule has 0 radical (unpaired) electrons. The lowest BCUT2D eigenvalue weighted by molar-refractivity contribution is -0.120. The molecule has 0 saturated carbocycles. The van der Waals surface area contributed by atoms with Gasteiger partial charge in [-0.05, 0) is 31.0 Å². The van der Waals surface area contributed by atoms with Crippen molar-refractivity contribution >= 4 is 29.2 Å². The van der Waals surface area contributed by atoms with E-state index in [-0.39, 0.29) is 18.5 Å². The van der Waals surface area contributed by atoms with Crippen LogP contribution in [0.15, 0.2) is 29.3 Å². The van der Waals surface area contributed by atoms with Gasteiger partial charge in [0.1, 0.15) is 0 Å². The lowest BCUT2D eigenvalue weighted by Gasteiger charge is -2.20. The van der Waals surface area contributed by atoms with Crippen LogP contribution in [0.25, 0.3) is 0 Å². The molecule has 0 spiro atoms. The van der Waals surface area contributed by atoms with Gasteiger partial charge in [-0.15, -0.1) is 0 Å². The Morgan fingerprint density at radius 1 is 1.42 bits per heavy atom. The lowest BCUT2D eigenvalue weighted by Crippen LogP contribution is -2.47. The van der Waals surface area contributed by atoms with E-state index in [0.717, 1.165) is 36.6 Å². The molecule has 1 saturated heterocycles. The molecule has 1 heterocycles. The predicted molar refractivity (Wildman–Crippen MR) is 99.9 cm³/mol. The van der Waals surface area contributed by atoms with Gasteiger partial charge in [-0.1, -0.05) is 24.6 Å². The number of carbonyl (C=O) groups excluding carboxylic acids is 1. The monoisotopic (exact) mass is 351 g/mol. The Balaban J connectivity index is 1.79. The maximum Gasteiger partial charge on any atom is 0.239 e. The van der Waals surface area contributed by atoms with Crippen LogP contribution in [-0.4, -0.2) is 51.1 Å². The molecule has 1 atom stereocenters. The summed E-state index contributed by atoms with van der Waals surface area (Å²) < 4.78 is 0. The zero-order valence-corrected chi connectivity index (χ0v) is 15.1. The standard InChI is InChI=1S/C17H26ClN5O/c1-3-8-20-16(24)11-21-17(19-2)22-14-7-9-23(12-14)15-6-4-5-13(18)10-15/h4-6,10,14H,3,7-9,11-12H2,1-2H3,(H,20,24)(H2,19,21,22). The average Bonchev–Trinajstić information content (AvgIpc) is 3.05. The molecular formula is C17H26ClN5O. The molecule has 1 fully saturated rings. The van der Waals surface area contributed by atoms with Gasteiger partial charge in [0.25, 0.3) is 0 Å². The van der Waals surface area contributed by atoms with Gasteiger partial charge in [-0.2, -0.15) is 0 Å². The van der Waals surface area contributed by atoms with Crippen LogP contribution in [0.5, 0.6) is 0 Å². The number of carbonyl (C=O) groups is 1. The second-order valence-electron chi connectivity index (χ2n) is 5.83. The molecule has 1 unspecified atom stereocenters. The summed E-state index contributed by atoms with van der Waals surface area (Å²) in [5, 5.41) is 10.0. The summed E-state index contributed by atoms with van der Waals surface area (Å²) in [5.41, 5.74) is 1.13. The number of amides is 1. The molecule has 1 aliphatic heterocycles. The average molecular weight is 352 g/mol. The molecule has 24 heavy (non-hydrogen) atoms. The Bertz CT molecular complexity index is 578. The van der Waals surface area contributed by atoms with Crippen molar-refractivity contribution < 1.29 is 4.79 Å². The van der Waals surface area contributed by atoms with Gasteiger partial charge < -0.3 is 20.9 Å². The SMILES string of the molecule is CCCNC(=O)CNC(=NC)NC1CCN(c2cccc(Cl)c2)C1. The van der Waals surface area contributed by atoms with E-state index in [1.54, 1.807) is 7.05 Å². The third-order valence-electron chi connectivity index (χ3n) is 3.91. The summed E-state index contributed by atoms with van der Waals surface area (Å²) >= 11 is 6.06. The van der Waals surface area contributed by atoms with Crippen molar-refractivity contribution in [2.75, 3.05) is 38.1 Å². The topological polar surface area (TPSA) is 68.8 Å². The molecule has 6 nitrogen and oxygen atoms in total. The van der Waals surface area contributed by atoms with Gasteiger partial charge >= 0.3 is 0 Å². The van der Waals surface area contributed by atoms with Crippen LogP contribution >= 0.6 is 11.6 Å². The van der Waals surface area contributed by atoms with Crippen LogP contribution in [0.4, 0.5) is 5.69 Å². The van der Waals surface area contributed by atoms with Crippen LogP contribution in [0, 0.1) is 0 Å². The van der Waals surface area contributed by atoms with Gasteiger partial charge in [0.15, 0.2) is 5.96 Å². The van der Waals surface area contributed by atoms with E-state index in [0.29, 0.717) is 12.5 Å². The first-order chi connectivity index (χ1) is 11.6. The maximum absolute atomic E-state index is 11.7. The second-order valence-corrected chi connectivity index (χ2v) is 6.27. The molecule has 2 rings (SSSR count). The van der Waals surface area contributed by atoms with E-state index >= 15 is 0 Å². The summed E-state index contributed by atoms with van der Waals surface area (Å²) in [6.45, 7) is 4.79. The zero-order chi connectivity index (χ0) is 17.4. The number of hydrogen-bond donors (Lipinski definition) is 3. The van der Waals surface area contributed by atoms with Crippen LogP contribution in [0.3, 0.4) is 0 Å². The van der Waals surface area contributed by atoms with Crippen LogP contribution in [-0.2, 0) is 4.79 Å². The van der Waals surface area contributed by atoms with Crippen molar-refractivity contribution in [3.8, 4) is 0 Å². The number of aliphatic imine (C=N–C) groups is 1. The van der Waals surface area contributed by atoms with E-state index in [2.05, 4.69) is 31.9 Å². The largest absolute Gasteiger partial charge is 0.369 e. The van der Waals surface area contributed by atoms with E-state index in [1.165, 1.54) is 0 Å². The first kappa shape index (κ1) is 18.4. The van der Waals surface area contributed by atoms with E-state index < -0.39 is 0 Å². The molecule has 132 valence electrons. The highest BCUT2D eigenvalue weighted by Gasteiger charge is 2.23. The minimum atomic E-state index is -0.0215. The van der Waals surface area contributed by atoms with Crippen LogP contribution < -0.4 is 20.9 Å². The molecule has 7 heteroatoms. The Hall–Kier alpha value is -1.95. The molecule has 1 aliphatic rings. The number of halogens is 1. The van der Waals surface area contributed by atoms with Crippen molar-refractivity contribution in [2.45, 2.75) is 25.8 Å². The van der Waals surface area contributed by atoms with Crippen LogP contribution in [0.2, 0.25) is 5.02 Å². The number of nitrogens with zero attached hydrogens (tertiary/aromatic N) is 2. The van der Waals surface area contributed by atoms with Crippen molar-refractivity contribution in [1.29, 1.82) is 0 Å². The molecule has 1 aromatic carbocycles. The number of benzene rings is 1. The molecular weight excluding hydrogens is 326 g/mol. The van der Waals surface area contributed by atoms with Crippen LogP contribution in [0.1, 0.15) is 19.8 Å². The highest BCUT2D eigenvalue weighted by Crippen LogP contribution is 2.23. The van der Waals surface area contributed by atoms with E-state index in [4.69, 9.17) is 11.6 Å². The minimum Gasteiger partial charge on any atom is -0.369 e. The Morgan fingerprint density at radius 2 is 2.25 bits per heavy atom. The quantitative estimate of drug-likeness (QED) is 0.538. The number of anilines is 1. The third-order valence-corrected chi connectivity index (χ3v) is 4.15. The maximum atomic E-state index is 11.7. The zero-order valence-electron chi connectivity index (χ0n) is 14.3. The number of hydrogen-bond acceptors (Lipinski definition) is 3. The van der Waals surface area contributed by atoms with E-state index in [9.17, 15) is 4.79 Å². The smallest absolute Gasteiger partial charge is 0.239 e. The van der Waals surface area contributed by atoms with Crippen molar-refractivity contribution in [3.63, 3.8) is 0 Å². The first-order valence-corrected chi connectivity index (χ1v) is 8.74. The fourth-order valence-corrected chi connectivity index (χ4v) is 2.85. The molecule has 3 N–H and O–H groups in total. The van der Waals surface area contributed by atoms with Gasteiger partial charge in [-0.3, -0.25) is 9.79 Å². The van der Waals surface area contributed by atoms with Gasteiger partial charge in [0.2, 0.25) is 5.91 Å². The summed E-state index contributed by atoms with van der Waals surface area (Å²) in [5.74, 6) is 0.631. The molecule has 0 bridgehead atoms. The first-order valence-electron chi connectivity index (χ1n) is 8.36. The fourth-order valence-electron chi connectivity index (χ4n) is 2.66. The third kappa shape index (κ3) is 5.60. The van der Waals surface area contributed by atoms with Crippen molar-refractivity contribution in [2.24, 2.45) is 4.99 Å². The normalized spacial score (nSPS) is 17.7. The summed E-state index contributed by atoms with van der Waals surface area (Å²) in [6, 6.07) is 8.18. The van der Waals surface area contributed by atoms with Gasteiger partial charge in [0, 0.05) is 43.4 Å². The molecule has 1 aromatic rings. The molecule has 0 aliphatic carbocycles. The minimum absolute atomic E-state index is 0.0215. The van der Waals surface area contributed by atoms with Gasteiger partial charge in [0.05, 0.1) is 6.54 Å². The number of guanidine groups is 1. The number of nitrogens with one attached hydrogen (secondary N) is 3. The van der Waals surface area contributed by atoms with Gasteiger partial charge in [-0.25, -0.2) is 0 Å². The Labute approximate surface area is 148 Å². The summed E-state index contributed by atoms with van der Waals surface area (Å²) in [7, 11) is 1.71. The molecule has 0 aromatic heterocycles. The summed E-state index contributed by atoms with van der Waals surface area (Å²) in [4.78, 5) is 18.1. The Morgan fingerprint density at radius 3 is 2.96 bits per heavy atom. The fraction of sp³-hybridized carbons (Fsp3) is 0.529. The van der Waals surface area contributed by atoms with Crippen molar-refractivity contribution in [3.05, 3.63) is 29.3 Å². The number of rotatable bonds is 6. The highest BCUT2D eigenvalue weighted by molar-refractivity contribution is 6.30. The summed E-state index contributed by atoms with van der Waals surface area (Å²) in [6.07, 6.45) is 1.94. The second kappa shape index (κ2) is 9.37. The van der Waals surface area contributed by atoms with Crippen molar-refractivity contribution in [1.82, 2.24) is 16.0 Å². The highest BCUT2D eigenvalue weighted by atomic mass is 35.5. The Kier molecular flexibility index (Phi) is 7.18. The van der Waals surface area contributed by atoms with E-state index in [1.807, 2.05) is 25.1 Å². The predicted octanol–water partition coefficient (Wildman–Crippen LogP) is 1.61. The lowest BCUT2D eigenvalue weighted by atomic mass is 10.3.